The Morgan fingerprint density at radius 2 is 2.29 bits per heavy atom. The van der Waals surface area contributed by atoms with Gasteiger partial charge in [-0.3, -0.25) is 4.79 Å². The highest BCUT2D eigenvalue weighted by molar-refractivity contribution is 6.03. The average molecular weight is 233 g/mol. The fourth-order valence-electron chi connectivity index (χ4n) is 1.89. The van der Waals surface area contributed by atoms with Crippen LogP contribution in [0.4, 0.5) is 0 Å². The number of carbonyl (C=O) groups is 1. The highest BCUT2D eigenvalue weighted by atomic mass is 16.1. The second-order valence-corrected chi connectivity index (χ2v) is 4.66. The minimum Gasteiger partial charge on any atom is -0.383 e. The van der Waals surface area contributed by atoms with Crippen molar-refractivity contribution in [1.82, 2.24) is 14.5 Å². The Morgan fingerprint density at radius 1 is 1.59 bits per heavy atom. The van der Waals surface area contributed by atoms with Gasteiger partial charge in [0.25, 0.3) is 0 Å². The first-order valence-electron chi connectivity index (χ1n) is 6.07. The lowest BCUT2D eigenvalue weighted by Crippen LogP contribution is -2.10. The lowest BCUT2D eigenvalue weighted by molar-refractivity contribution is 0.103. The molecule has 1 aromatic heterocycles. The summed E-state index contributed by atoms with van der Waals surface area (Å²) in [5, 5.41) is 0. The summed E-state index contributed by atoms with van der Waals surface area (Å²) >= 11 is 0. The van der Waals surface area contributed by atoms with Crippen molar-refractivity contribution in [2.24, 2.45) is 0 Å². The van der Waals surface area contributed by atoms with E-state index in [1.54, 1.807) is 18.5 Å². The molecule has 0 aromatic carbocycles. The quantitative estimate of drug-likeness (QED) is 0.577. The van der Waals surface area contributed by atoms with E-state index in [2.05, 4.69) is 11.9 Å². The van der Waals surface area contributed by atoms with Crippen molar-refractivity contribution in [2.45, 2.75) is 32.2 Å². The van der Waals surface area contributed by atoms with Gasteiger partial charge >= 0.3 is 0 Å². The molecular weight excluding hydrogens is 214 g/mol. The molecule has 1 fully saturated rings. The molecule has 2 rings (SSSR count). The molecule has 0 amide bonds. The highest BCUT2D eigenvalue weighted by Gasteiger charge is 2.29. The highest BCUT2D eigenvalue weighted by Crippen LogP contribution is 2.39. The van der Waals surface area contributed by atoms with Crippen LogP contribution in [0.3, 0.4) is 0 Å². The number of imidazole rings is 1. The molecular formula is C13H19N3O. The Morgan fingerprint density at radius 3 is 2.82 bits per heavy atom. The predicted octanol–water partition coefficient (Wildman–Crippen LogP) is 2.04. The molecule has 92 valence electrons. The zero-order chi connectivity index (χ0) is 12.4. The molecule has 0 atom stereocenters. The van der Waals surface area contributed by atoms with E-state index in [1.165, 1.54) is 12.8 Å². The van der Waals surface area contributed by atoms with Crippen molar-refractivity contribution >= 4 is 5.78 Å². The van der Waals surface area contributed by atoms with Gasteiger partial charge in [-0.1, -0.05) is 0 Å². The van der Waals surface area contributed by atoms with Crippen molar-refractivity contribution in [3.63, 3.8) is 0 Å². The van der Waals surface area contributed by atoms with Crippen LogP contribution >= 0.6 is 0 Å². The maximum absolute atomic E-state index is 12.0. The van der Waals surface area contributed by atoms with Crippen molar-refractivity contribution in [3.8, 4) is 0 Å². The SMILES string of the molecule is CCn1c(C(=O)C=CN(C)C)cnc1C1CC1. The van der Waals surface area contributed by atoms with E-state index in [-0.39, 0.29) is 5.78 Å². The van der Waals surface area contributed by atoms with Gasteiger partial charge in [-0.15, -0.1) is 0 Å². The normalized spacial score (nSPS) is 15.5. The van der Waals surface area contributed by atoms with Crippen LogP contribution in [-0.2, 0) is 6.54 Å². The van der Waals surface area contributed by atoms with Gasteiger partial charge in [-0.05, 0) is 19.8 Å². The molecule has 1 heterocycles. The van der Waals surface area contributed by atoms with Crippen LogP contribution in [0, 0.1) is 0 Å². The van der Waals surface area contributed by atoms with Crippen LogP contribution in [0.2, 0.25) is 0 Å². The summed E-state index contributed by atoms with van der Waals surface area (Å²) in [5.41, 5.74) is 0.701. The Labute approximate surface area is 102 Å². The van der Waals surface area contributed by atoms with Crippen molar-refractivity contribution in [2.75, 3.05) is 14.1 Å². The molecule has 1 saturated carbocycles. The largest absolute Gasteiger partial charge is 0.383 e. The Bertz CT molecular complexity index is 442. The first-order valence-corrected chi connectivity index (χ1v) is 6.07. The molecule has 0 spiro atoms. The first-order chi connectivity index (χ1) is 8.13. The fraction of sp³-hybridized carbons (Fsp3) is 0.538. The van der Waals surface area contributed by atoms with Crippen LogP contribution < -0.4 is 0 Å². The third-order valence-electron chi connectivity index (χ3n) is 2.92. The second kappa shape index (κ2) is 4.73. The maximum Gasteiger partial charge on any atom is 0.205 e. The molecule has 0 N–H and O–H groups in total. The van der Waals surface area contributed by atoms with Gasteiger partial charge in [0.05, 0.1) is 6.20 Å². The van der Waals surface area contributed by atoms with Crippen LogP contribution in [0.1, 0.15) is 42.0 Å². The molecule has 4 heteroatoms. The van der Waals surface area contributed by atoms with E-state index in [4.69, 9.17) is 0 Å². The third kappa shape index (κ3) is 2.57. The maximum atomic E-state index is 12.0. The van der Waals surface area contributed by atoms with Crippen molar-refractivity contribution in [3.05, 3.63) is 30.0 Å². The lowest BCUT2D eigenvalue weighted by Gasteiger charge is -2.07. The van der Waals surface area contributed by atoms with Crippen LogP contribution in [-0.4, -0.2) is 34.3 Å². The summed E-state index contributed by atoms with van der Waals surface area (Å²) in [6.45, 7) is 2.86. The zero-order valence-corrected chi connectivity index (χ0v) is 10.7. The number of hydrogen-bond donors (Lipinski definition) is 0. The molecule has 1 aliphatic rings. The summed E-state index contributed by atoms with van der Waals surface area (Å²) in [6.07, 6.45) is 7.49. The number of rotatable bonds is 5. The minimum atomic E-state index is 0.0277. The van der Waals surface area contributed by atoms with Crippen LogP contribution in [0.25, 0.3) is 0 Å². The average Bonchev–Trinajstić information content (AvgIpc) is 3.05. The summed E-state index contributed by atoms with van der Waals surface area (Å²) in [7, 11) is 3.80. The molecule has 1 aliphatic carbocycles. The van der Waals surface area contributed by atoms with E-state index < -0.39 is 0 Å². The minimum absolute atomic E-state index is 0.0277. The third-order valence-corrected chi connectivity index (χ3v) is 2.92. The molecule has 0 unspecified atom stereocenters. The van der Waals surface area contributed by atoms with Gasteiger partial charge < -0.3 is 9.47 Å². The summed E-state index contributed by atoms with van der Waals surface area (Å²) < 4.78 is 2.04. The monoisotopic (exact) mass is 233 g/mol. The van der Waals surface area contributed by atoms with Gasteiger partial charge in [0, 0.05) is 38.8 Å². The smallest absolute Gasteiger partial charge is 0.205 e. The molecule has 0 saturated heterocycles. The summed E-state index contributed by atoms with van der Waals surface area (Å²) in [5.74, 6) is 1.68. The Kier molecular flexibility index (Phi) is 3.31. The Hall–Kier alpha value is -1.58. The van der Waals surface area contributed by atoms with Gasteiger partial charge in [0.2, 0.25) is 5.78 Å². The van der Waals surface area contributed by atoms with Gasteiger partial charge in [0.15, 0.2) is 0 Å². The summed E-state index contributed by atoms with van der Waals surface area (Å²) in [6, 6.07) is 0. The number of nitrogens with zero attached hydrogens (tertiary/aromatic N) is 3. The molecule has 0 bridgehead atoms. The molecule has 17 heavy (non-hydrogen) atoms. The van der Waals surface area contributed by atoms with Crippen molar-refractivity contribution in [1.29, 1.82) is 0 Å². The zero-order valence-electron chi connectivity index (χ0n) is 10.7. The van der Waals surface area contributed by atoms with E-state index in [9.17, 15) is 4.79 Å². The predicted molar refractivity (Wildman–Crippen MR) is 67.0 cm³/mol. The van der Waals surface area contributed by atoms with E-state index in [0.29, 0.717) is 11.6 Å². The van der Waals surface area contributed by atoms with Crippen molar-refractivity contribution < 1.29 is 4.79 Å². The number of aromatic nitrogens is 2. The number of ketones is 1. The first kappa shape index (κ1) is 11.9. The number of carbonyl (C=O) groups excluding carboxylic acids is 1. The van der Waals surface area contributed by atoms with E-state index in [1.807, 2.05) is 23.6 Å². The Balaban J connectivity index is 2.22. The molecule has 0 radical (unpaired) electrons. The molecule has 0 aliphatic heterocycles. The van der Waals surface area contributed by atoms with E-state index >= 15 is 0 Å². The standard InChI is InChI=1S/C13H19N3O/c1-4-16-11(12(17)7-8-15(2)3)9-14-13(16)10-5-6-10/h7-10H,4-6H2,1-3H3. The fourth-order valence-corrected chi connectivity index (χ4v) is 1.89. The summed E-state index contributed by atoms with van der Waals surface area (Å²) in [4.78, 5) is 18.3. The van der Waals surface area contributed by atoms with Gasteiger partial charge in [-0.25, -0.2) is 4.98 Å². The lowest BCUT2D eigenvalue weighted by atomic mass is 10.3. The van der Waals surface area contributed by atoms with Gasteiger partial charge in [-0.2, -0.15) is 0 Å². The van der Waals surface area contributed by atoms with E-state index in [0.717, 1.165) is 12.4 Å². The number of hydrogen-bond acceptors (Lipinski definition) is 3. The second-order valence-electron chi connectivity index (χ2n) is 4.66. The number of allylic oxidation sites excluding steroid dienone is 1. The van der Waals surface area contributed by atoms with Gasteiger partial charge in [0.1, 0.15) is 11.5 Å². The molecule has 1 aromatic rings. The van der Waals surface area contributed by atoms with Crippen LogP contribution in [0.15, 0.2) is 18.5 Å². The van der Waals surface area contributed by atoms with Crippen LogP contribution in [0.5, 0.6) is 0 Å². The topological polar surface area (TPSA) is 38.1 Å². The molecule has 4 nitrogen and oxygen atoms in total.